The van der Waals surface area contributed by atoms with E-state index in [1.807, 2.05) is 11.3 Å². The molecule has 0 aromatic carbocycles. The van der Waals surface area contributed by atoms with Crippen molar-refractivity contribution in [2.75, 3.05) is 7.05 Å². The predicted octanol–water partition coefficient (Wildman–Crippen LogP) is 4.37. The Morgan fingerprint density at radius 2 is 2.00 bits per heavy atom. The summed E-state index contributed by atoms with van der Waals surface area (Å²) in [6, 6.07) is 2.95. The van der Waals surface area contributed by atoms with Gasteiger partial charge in [-0.05, 0) is 84.8 Å². The monoisotopic (exact) mass is 325 g/mol. The maximum Gasteiger partial charge on any atom is 0.0447 e. The maximum absolute atomic E-state index is 3.66. The Balaban J connectivity index is 1.60. The molecule has 5 atom stereocenters. The normalized spacial score (nSPS) is 42.1. The van der Waals surface area contributed by atoms with E-state index in [1.54, 1.807) is 11.3 Å². The summed E-state index contributed by atoms with van der Waals surface area (Å²) >= 11 is 5.63. The summed E-state index contributed by atoms with van der Waals surface area (Å²) in [7, 11) is 2.14. The molecule has 4 rings (SSSR count). The van der Waals surface area contributed by atoms with E-state index in [1.165, 1.54) is 22.2 Å². The summed E-state index contributed by atoms with van der Waals surface area (Å²) < 4.78 is 1.29. The second-order valence-electron chi connectivity index (χ2n) is 6.38. The van der Waals surface area contributed by atoms with Crippen molar-refractivity contribution in [1.82, 2.24) is 5.32 Å². The molecule has 98 valence electrons. The number of hydrogen-bond acceptors (Lipinski definition) is 2. The lowest BCUT2D eigenvalue weighted by molar-refractivity contribution is 0.389. The molecular weight excluding hydrogens is 306 g/mol. The third-order valence-corrected chi connectivity index (χ3v) is 7.89. The van der Waals surface area contributed by atoms with E-state index < -0.39 is 0 Å². The van der Waals surface area contributed by atoms with Crippen molar-refractivity contribution in [3.63, 3.8) is 0 Å². The van der Waals surface area contributed by atoms with Crippen LogP contribution in [0.15, 0.2) is 10.5 Å². The quantitative estimate of drug-likeness (QED) is 0.870. The van der Waals surface area contributed by atoms with Gasteiger partial charge >= 0.3 is 0 Å². The largest absolute Gasteiger partial charge is 0.312 e. The minimum atomic E-state index is 0.610. The Bertz CT molecular complexity index is 447. The Labute approximate surface area is 121 Å². The fourth-order valence-electron chi connectivity index (χ4n) is 5.00. The highest BCUT2D eigenvalue weighted by Crippen LogP contribution is 2.72. The molecule has 1 aromatic heterocycles. The Morgan fingerprint density at radius 3 is 2.50 bits per heavy atom. The summed E-state index contributed by atoms with van der Waals surface area (Å²) in [5, 5.41) is 3.61. The third-order valence-electron chi connectivity index (χ3n) is 5.67. The van der Waals surface area contributed by atoms with Gasteiger partial charge in [0.2, 0.25) is 0 Å². The molecule has 1 nitrogen and oxygen atoms in total. The third kappa shape index (κ3) is 1.53. The van der Waals surface area contributed by atoms with E-state index in [4.69, 9.17) is 0 Å². The molecule has 0 amide bonds. The molecule has 0 saturated heterocycles. The van der Waals surface area contributed by atoms with E-state index in [9.17, 15) is 0 Å². The molecule has 0 radical (unpaired) electrons. The van der Waals surface area contributed by atoms with Crippen LogP contribution < -0.4 is 5.32 Å². The molecule has 3 saturated carbocycles. The zero-order valence-electron chi connectivity index (χ0n) is 10.9. The average Bonchev–Trinajstić information content (AvgIpc) is 2.69. The first-order valence-electron chi connectivity index (χ1n) is 7.13. The Hall–Kier alpha value is 0.140. The molecule has 1 aromatic rings. The highest BCUT2D eigenvalue weighted by Gasteiger charge is 2.66. The van der Waals surface area contributed by atoms with E-state index in [-0.39, 0.29) is 0 Å². The van der Waals surface area contributed by atoms with Crippen LogP contribution in [0.25, 0.3) is 0 Å². The van der Waals surface area contributed by atoms with Crippen LogP contribution in [0.4, 0.5) is 0 Å². The molecular formula is C15H20BrNS. The minimum Gasteiger partial charge on any atom is -0.312 e. The van der Waals surface area contributed by atoms with Gasteiger partial charge in [-0.1, -0.05) is 0 Å². The number of fused-ring (bicyclic) bond motifs is 5. The molecule has 3 fully saturated rings. The first kappa shape index (κ1) is 11.9. The van der Waals surface area contributed by atoms with Gasteiger partial charge in [0.15, 0.2) is 0 Å². The van der Waals surface area contributed by atoms with Gasteiger partial charge in [0.25, 0.3) is 0 Å². The van der Waals surface area contributed by atoms with Gasteiger partial charge in [-0.15, -0.1) is 11.3 Å². The van der Waals surface area contributed by atoms with Gasteiger partial charge < -0.3 is 5.32 Å². The molecule has 0 aliphatic heterocycles. The first-order valence-corrected chi connectivity index (χ1v) is 8.74. The molecule has 2 bridgehead atoms. The Kier molecular flexibility index (Phi) is 2.69. The summed E-state index contributed by atoms with van der Waals surface area (Å²) in [5.41, 5.74) is 0. The highest BCUT2D eigenvalue weighted by molar-refractivity contribution is 9.10. The number of aryl methyl sites for hydroxylation is 1. The van der Waals surface area contributed by atoms with Crippen molar-refractivity contribution in [3.05, 3.63) is 20.3 Å². The van der Waals surface area contributed by atoms with Crippen LogP contribution in [0.1, 0.15) is 35.1 Å². The van der Waals surface area contributed by atoms with E-state index >= 15 is 0 Å². The fraction of sp³-hybridized carbons (Fsp3) is 0.733. The molecule has 0 spiro atoms. The van der Waals surface area contributed by atoms with Crippen LogP contribution >= 0.6 is 27.3 Å². The van der Waals surface area contributed by atoms with Crippen molar-refractivity contribution in [1.29, 1.82) is 0 Å². The van der Waals surface area contributed by atoms with Crippen LogP contribution in [0, 0.1) is 36.5 Å². The number of rotatable bonds is 3. The summed E-state index contributed by atoms with van der Waals surface area (Å²) in [6.07, 6.45) is 4.59. The summed E-state index contributed by atoms with van der Waals surface area (Å²) in [6.45, 7) is 2.21. The lowest BCUT2D eigenvalue weighted by atomic mass is 9.96. The van der Waals surface area contributed by atoms with Crippen molar-refractivity contribution in [2.24, 2.45) is 29.6 Å². The molecule has 3 heteroatoms. The average molecular weight is 326 g/mol. The fourth-order valence-corrected chi connectivity index (χ4v) is 6.73. The van der Waals surface area contributed by atoms with Crippen LogP contribution in [-0.2, 0) is 0 Å². The van der Waals surface area contributed by atoms with Gasteiger partial charge in [0, 0.05) is 20.3 Å². The number of nitrogens with one attached hydrogen (secondary N) is 1. The lowest BCUT2D eigenvalue weighted by Gasteiger charge is -2.18. The second-order valence-corrected chi connectivity index (χ2v) is 8.53. The number of hydrogen-bond donors (Lipinski definition) is 1. The van der Waals surface area contributed by atoms with Crippen molar-refractivity contribution in [2.45, 2.75) is 32.2 Å². The van der Waals surface area contributed by atoms with Crippen LogP contribution in [-0.4, -0.2) is 7.05 Å². The molecule has 5 unspecified atom stereocenters. The Morgan fingerprint density at radius 1 is 1.33 bits per heavy atom. The topological polar surface area (TPSA) is 12.0 Å². The SMILES string of the molecule is CNC(c1cc(Br)c(C)s1)C1C2C3CCC(C3)C21. The zero-order chi connectivity index (χ0) is 12.4. The van der Waals surface area contributed by atoms with E-state index in [0.29, 0.717) is 6.04 Å². The number of thiophene rings is 1. The zero-order valence-corrected chi connectivity index (χ0v) is 13.4. The minimum absolute atomic E-state index is 0.610. The highest BCUT2D eigenvalue weighted by atomic mass is 79.9. The van der Waals surface area contributed by atoms with Gasteiger partial charge in [-0.3, -0.25) is 0 Å². The van der Waals surface area contributed by atoms with Gasteiger partial charge in [0.05, 0.1) is 0 Å². The van der Waals surface area contributed by atoms with Crippen LogP contribution in [0.3, 0.4) is 0 Å². The predicted molar refractivity (Wildman–Crippen MR) is 79.9 cm³/mol. The molecule has 18 heavy (non-hydrogen) atoms. The molecule has 3 aliphatic carbocycles. The molecule has 1 N–H and O–H groups in total. The smallest absolute Gasteiger partial charge is 0.0447 e. The summed E-state index contributed by atoms with van der Waals surface area (Å²) in [5.74, 6) is 5.20. The first-order chi connectivity index (χ1) is 8.70. The van der Waals surface area contributed by atoms with E-state index in [2.05, 4.69) is 41.3 Å². The van der Waals surface area contributed by atoms with Crippen molar-refractivity contribution in [3.8, 4) is 0 Å². The molecule has 3 aliphatic rings. The second kappa shape index (κ2) is 4.07. The van der Waals surface area contributed by atoms with Gasteiger partial charge in [0.1, 0.15) is 0 Å². The van der Waals surface area contributed by atoms with Crippen molar-refractivity contribution < 1.29 is 0 Å². The molecule has 1 heterocycles. The maximum atomic E-state index is 3.66. The van der Waals surface area contributed by atoms with Crippen LogP contribution in [0.2, 0.25) is 0 Å². The lowest BCUT2D eigenvalue weighted by Crippen LogP contribution is -2.20. The number of halogens is 1. The standard InChI is InChI=1S/C15H20BrNS/c1-7-10(16)6-11(18-7)15(17-2)14-12-8-3-4-9(5-8)13(12)14/h6,8-9,12-15,17H,3-5H2,1-2H3. The van der Waals surface area contributed by atoms with Crippen molar-refractivity contribution >= 4 is 27.3 Å². The van der Waals surface area contributed by atoms with Gasteiger partial charge in [-0.25, -0.2) is 0 Å². The van der Waals surface area contributed by atoms with Gasteiger partial charge in [-0.2, -0.15) is 0 Å². The summed E-state index contributed by atoms with van der Waals surface area (Å²) in [4.78, 5) is 2.96. The van der Waals surface area contributed by atoms with E-state index in [0.717, 1.165) is 29.6 Å². The van der Waals surface area contributed by atoms with Crippen LogP contribution in [0.5, 0.6) is 0 Å².